The number of esters is 1. The summed E-state index contributed by atoms with van der Waals surface area (Å²) in [6, 6.07) is 0. The number of halogens is 1. The van der Waals surface area contributed by atoms with Gasteiger partial charge in [-0.15, -0.1) is 24.0 Å². The Morgan fingerprint density at radius 1 is 1.50 bits per heavy atom. The minimum Gasteiger partial charge on any atom is -0.466 e. The van der Waals surface area contributed by atoms with Crippen LogP contribution in [0.15, 0.2) is 4.99 Å². The number of guanidine groups is 1. The second kappa shape index (κ2) is 10.7. The van der Waals surface area contributed by atoms with Gasteiger partial charge in [-0.2, -0.15) is 11.8 Å². The molecule has 0 aromatic heterocycles. The highest BCUT2D eigenvalue weighted by Crippen LogP contribution is 2.28. The summed E-state index contributed by atoms with van der Waals surface area (Å²) < 4.78 is 5.16. The number of carbonyl (C=O) groups excluding carboxylic acids is 1. The molecule has 0 radical (unpaired) electrons. The Kier molecular flexibility index (Phi) is 9.73. The van der Waals surface area contributed by atoms with E-state index in [1.54, 1.807) is 11.8 Å². The molecule has 2 aliphatic rings. The molecule has 0 amide bonds. The summed E-state index contributed by atoms with van der Waals surface area (Å²) in [4.78, 5) is 18.8. The summed E-state index contributed by atoms with van der Waals surface area (Å²) in [7, 11) is 0. The Balaban J connectivity index is 0.00000288. The second-order valence-electron chi connectivity index (χ2n) is 6.23. The average molecular weight is 471 g/mol. The van der Waals surface area contributed by atoms with Gasteiger partial charge in [0, 0.05) is 25.4 Å². The van der Waals surface area contributed by atoms with Crippen LogP contribution in [0.3, 0.4) is 0 Å². The van der Waals surface area contributed by atoms with E-state index in [4.69, 9.17) is 4.74 Å². The first-order valence-electron chi connectivity index (χ1n) is 8.58. The van der Waals surface area contributed by atoms with Gasteiger partial charge in [0.25, 0.3) is 0 Å². The molecule has 8 heteroatoms. The van der Waals surface area contributed by atoms with Gasteiger partial charge in [-0.1, -0.05) is 0 Å². The van der Waals surface area contributed by atoms with Crippen LogP contribution in [-0.4, -0.2) is 71.8 Å². The summed E-state index contributed by atoms with van der Waals surface area (Å²) in [6.07, 6.45) is 2.62. The number of hydrogen-bond acceptors (Lipinski definition) is 5. The average Bonchev–Trinajstić information content (AvgIpc) is 2.99. The fourth-order valence-corrected chi connectivity index (χ4v) is 4.28. The largest absolute Gasteiger partial charge is 0.466 e. The van der Waals surface area contributed by atoms with Crippen molar-refractivity contribution in [1.29, 1.82) is 0 Å². The molecule has 2 rings (SSSR count). The Labute approximate surface area is 166 Å². The van der Waals surface area contributed by atoms with Crippen molar-refractivity contribution < 1.29 is 14.6 Å². The van der Waals surface area contributed by atoms with Crippen molar-refractivity contribution in [1.82, 2.24) is 10.2 Å². The van der Waals surface area contributed by atoms with Gasteiger partial charge < -0.3 is 20.1 Å². The lowest BCUT2D eigenvalue weighted by Gasteiger charge is -2.34. The molecule has 0 spiro atoms. The summed E-state index contributed by atoms with van der Waals surface area (Å²) in [6.45, 7) is 7.00. The van der Waals surface area contributed by atoms with E-state index in [0.29, 0.717) is 19.7 Å². The minimum absolute atomic E-state index is 0. The molecule has 0 saturated carbocycles. The molecule has 0 bridgehead atoms. The molecule has 2 fully saturated rings. The van der Waals surface area contributed by atoms with Gasteiger partial charge in [0.1, 0.15) is 0 Å². The SMILES string of the molecule is CCNC(=NCC1(O)CCSC1)N1CCCC(C(=O)OCC)C1.I. The van der Waals surface area contributed by atoms with E-state index in [-0.39, 0.29) is 35.9 Å². The smallest absolute Gasteiger partial charge is 0.310 e. The van der Waals surface area contributed by atoms with Gasteiger partial charge >= 0.3 is 5.97 Å². The van der Waals surface area contributed by atoms with Crippen LogP contribution in [0, 0.1) is 5.92 Å². The summed E-state index contributed by atoms with van der Waals surface area (Å²) in [5.74, 6) is 2.35. The molecule has 2 aliphatic heterocycles. The zero-order chi connectivity index (χ0) is 16.7. The number of ether oxygens (including phenoxy) is 1. The van der Waals surface area contributed by atoms with Gasteiger partial charge in [-0.25, -0.2) is 0 Å². The van der Waals surface area contributed by atoms with E-state index < -0.39 is 5.60 Å². The van der Waals surface area contributed by atoms with Crippen LogP contribution in [0.5, 0.6) is 0 Å². The number of aliphatic hydroxyl groups is 1. The van der Waals surface area contributed by atoms with Crippen LogP contribution in [0.25, 0.3) is 0 Å². The molecule has 2 saturated heterocycles. The predicted octanol–water partition coefficient (Wildman–Crippen LogP) is 1.71. The third-order valence-corrected chi connectivity index (χ3v) is 5.52. The molecule has 0 aromatic rings. The quantitative estimate of drug-likeness (QED) is 0.275. The van der Waals surface area contributed by atoms with Crippen LogP contribution in [-0.2, 0) is 9.53 Å². The van der Waals surface area contributed by atoms with Gasteiger partial charge in [-0.05, 0) is 38.9 Å². The van der Waals surface area contributed by atoms with Crippen molar-refractivity contribution in [2.75, 3.05) is 44.3 Å². The highest BCUT2D eigenvalue weighted by molar-refractivity contribution is 14.0. The van der Waals surface area contributed by atoms with Crippen molar-refractivity contribution >= 4 is 47.7 Å². The number of nitrogens with zero attached hydrogens (tertiary/aromatic N) is 2. The normalized spacial score (nSPS) is 27.5. The first-order chi connectivity index (χ1) is 11.1. The minimum atomic E-state index is -0.679. The highest BCUT2D eigenvalue weighted by atomic mass is 127. The monoisotopic (exact) mass is 471 g/mol. The first kappa shape index (κ1) is 21.8. The Bertz CT molecular complexity index is 431. The maximum absolute atomic E-state index is 12.0. The zero-order valence-electron chi connectivity index (χ0n) is 14.6. The molecular weight excluding hydrogens is 441 g/mol. The molecule has 2 unspecified atom stereocenters. The van der Waals surface area contributed by atoms with Crippen molar-refractivity contribution in [2.24, 2.45) is 10.9 Å². The van der Waals surface area contributed by atoms with Crippen molar-refractivity contribution in [3.05, 3.63) is 0 Å². The topological polar surface area (TPSA) is 74.2 Å². The molecule has 24 heavy (non-hydrogen) atoms. The molecule has 2 N–H and O–H groups in total. The predicted molar refractivity (Wildman–Crippen MR) is 109 cm³/mol. The van der Waals surface area contributed by atoms with Crippen LogP contribution >= 0.6 is 35.7 Å². The maximum Gasteiger partial charge on any atom is 0.310 e. The van der Waals surface area contributed by atoms with Crippen molar-refractivity contribution in [3.8, 4) is 0 Å². The first-order valence-corrected chi connectivity index (χ1v) is 9.73. The number of piperidine rings is 1. The summed E-state index contributed by atoms with van der Waals surface area (Å²) in [5, 5.41) is 13.8. The number of likely N-dealkylation sites (tertiary alicyclic amines) is 1. The number of carbonyl (C=O) groups is 1. The Morgan fingerprint density at radius 3 is 2.92 bits per heavy atom. The van der Waals surface area contributed by atoms with Gasteiger partial charge in [0.15, 0.2) is 5.96 Å². The molecule has 140 valence electrons. The fraction of sp³-hybridized carbons (Fsp3) is 0.875. The third-order valence-electron chi connectivity index (χ3n) is 4.28. The number of rotatable bonds is 5. The van der Waals surface area contributed by atoms with Crippen LogP contribution in [0.2, 0.25) is 0 Å². The lowest BCUT2D eigenvalue weighted by molar-refractivity contribution is -0.149. The molecule has 2 atom stereocenters. The molecule has 0 aromatic carbocycles. The Morgan fingerprint density at radius 2 is 2.29 bits per heavy atom. The van der Waals surface area contributed by atoms with E-state index in [9.17, 15) is 9.90 Å². The van der Waals surface area contributed by atoms with Crippen LogP contribution in [0.1, 0.15) is 33.1 Å². The number of aliphatic imine (C=N–C) groups is 1. The van der Waals surface area contributed by atoms with Crippen LogP contribution in [0.4, 0.5) is 0 Å². The van der Waals surface area contributed by atoms with Gasteiger partial charge in [0.2, 0.25) is 0 Å². The Hall–Kier alpha value is -0.220. The van der Waals surface area contributed by atoms with E-state index in [1.165, 1.54) is 0 Å². The molecule has 2 heterocycles. The lowest BCUT2D eigenvalue weighted by atomic mass is 9.98. The van der Waals surface area contributed by atoms with Gasteiger partial charge in [0.05, 0.1) is 24.7 Å². The fourth-order valence-electron chi connectivity index (χ4n) is 2.99. The second-order valence-corrected chi connectivity index (χ2v) is 7.34. The van der Waals surface area contributed by atoms with Crippen molar-refractivity contribution in [2.45, 2.75) is 38.7 Å². The van der Waals surface area contributed by atoms with Crippen LogP contribution < -0.4 is 5.32 Å². The molecule has 6 nitrogen and oxygen atoms in total. The van der Waals surface area contributed by atoms with E-state index in [0.717, 1.165) is 49.8 Å². The number of thioether (sulfide) groups is 1. The standard InChI is InChI=1S/C16H29N3O3S.HI/c1-3-17-15(18-11-16(21)7-9-23-12-16)19-8-5-6-13(10-19)14(20)22-4-2;/h13,21H,3-12H2,1-2H3,(H,17,18);1H. The molecular formula is C16H30IN3O3S. The van der Waals surface area contributed by atoms with E-state index in [2.05, 4.69) is 15.2 Å². The highest BCUT2D eigenvalue weighted by Gasteiger charge is 2.33. The number of hydrogen-bond donors (Lipinski definition) is 2. The van der Waals surface area contributed by atoms with Crippen molar-refractivity contribution in [3.63, 3.8) is 0 Å². The third kappa shape index (κ3) is 6.25. The van der Waals surface area contributed by atoms with E-state index >= 15 is 0 Å². The summed E-state index contributed by atoms with van der Waals surface area (Å²) in [5.41, 5.74) is -0.679. The lowest BCUT2D eigenvalue weighted by Crippen LogP contribution is -2.49. The summed E-state index contributed by atoms with van der Waals surface area (Å²) >= 11 is 1.78. The van der Waals surface area contributed by atoms with Gasteiger partial charge in [-0.3, -0.25) is 9.79 Å². The van der Waals surface area contributed by atoms with E-state index in [1.807, 2.05) is 13.8 Å². The maximum atomic E-state index is 12.0. The molecule has 0 aliphatic carbocycles. The zero-order valence-corrected chi connectivity index (χ0v) is 17.8. The number of nitrogens with one attached hydrogen (secondary N) is 1.